The normalized spacial score (nSPS) is 11.1. The lowest BCUT2D eigenvalue weighted by atomic mass is 10.1. The van der Waals surface area contributed by atoms with E-state index < -0.39 is 5.97 Å². The molecule has 0 radical (unpaired) electrons. The third-order valence-corrected chi connectivity index (χ3v) is 4.23. The number of aromatic nitrogens is 4. The minimum Gasteiger partial charge on any atom is -0.461 e. The average Bonchev–Trinajstić information content (AvgIpc) is 3.09. The molecule has 0 fully saturated rings. The highest BCUT2D eigenvalue weighted by atomic mass is 16.5. The summed E-state index contributed by atoms with van der Waals surface area (Å²) in [5.41, 5.74) is 2.46. The third kappa shape index (κ3) is 3.14. The fraction of sp³-hybridized carbons (Fsp3) is 0.200. The van der Waals surface area contributed by atoms with E-state index in [1.54, 1.807) is 38.7 Å². The van der Waals surface area contributed by atoms with Crippen LogP contribution in [0.15, 0.2) is 42.9 Å². The first-order valence-corrected chi connectivity index (χ1v) is 8.76. The van der Waals surface area contributed by atoms with Crippen LogP contribution in [0.4, 0.5) is 0 Å². The van der Waals surface area contributed by atoms with Crippen LogP contribution in [0.2, 0.25) is 0 Å². The summed E-state index contributed by atoms with van der Waals surface area (Å²) in [5, 5.41) is 1.59. The summed E-state index contributed by atoms with van der Waals surface area (Å²) in [5.74, 6) is 0.0731. The van der Waals surface area contributed by atoms with Gasteiger partial charge in [0, 0.05) is 30.5 Å². The van der Waals surface area contributed by atoms with Crippen LogP contribution >= 0.6 is 0 Å². The SMILES string of the molecule is CCOC(=O)c1ncc2[nH]c3cccc(Oc4ncccn4)c3c2c1COC. The molecule has 28 heavy (non-hydrogen) atoms. The Labute approximate surface area is 160 Å². The van der Waals surface area contributed by atoms with Crippen LogP contribution in [-0.4, -0.2) is 39.6 Å². The number of hydrogen-bond acceptors (Lipinski definition) is 7. The molecule has 0 unspecified atom stereocenters. The van der Waals surface area contributed by atoms with Gasteiger partial charge in [0.2, 0.25) is 0 Å². The summed E-state index contributed by atoms with van der Waals surface area (Å²) in [7, 11) is 1.57. The molecule has 0 aliphatic rings. The number of methoxy groups -OCH3 is 1. The van der Waals surface area contributed by atoms with Crippen molar-refractivity contribution in [2.45, 2.75) is 13.5 Å². The van der Waals surface area contributed by atoms with Crippen molar-refractivity contribution in [1.29, 1.82) is 0 Å². The second-order valence-corrected chi connectivity index (χ2v) is 5.96. The minimum absolute atomic E-state index is 0.196. The van der Waals surface area contributed by atoms with Crippen LogP contribution in [0, 0.1) is 0 Å². The van der Waals surface area contributed by atoms with Gasteiger partial charge in [0.1, 0.15) is 5.75 Å². The molecule has 4 aromatic rings. The molecule has 0 amide bonds. The van der Waals surface area contributed by atoms with Gasteiger partial charge in [-0.25, -0.2) is 19.7 Å². The van der Waals surface area contributed by atoms with Gasteiger partial charge in [-0.15, -0.1) is 0 Å². The lowest BCUT2D eigenvalue weighted by Gasteiger charge is -2.10. The van der Waals surface area contributed by atoms with Crippen molar-refractivity contribution in [2.24, 2.45) is 0 Å². The second-order valence-electron chi connectivity index (χ2n) is 5.96. The van der Waals surface area contributed by atoms with E-state index in [9.17, 15) is 4.79 Å². The molecule has 8 nitrogen and oxygen atoms in total. The van der Waals surface area contributed by atoms with Crippen molar-refractivity contribution >= 4 is 27.8 Å². The number of carbonyl (C=O) groups is 1. The lowest BCUT2D eigenvalue weighted by Crippen LogP contribution is -2.11. The number of nitrogens with one attached hydrogen (secondary N) is 1. The highest BCUT2D eigenvalue weighted by Gasteiger charge is 2.22. The quantitative estimate of drug-likeness (QED) is 0.512. The van der Waals surface area contributed by atoms with Gasteiger partial charge in [-0.3, -0.25) is 0 Å². The van der Waals surface area contributed by atoms with Crippen molar-refractivity contribution in [3.8, 4) is 11.8 Å². The Kier molecular flexibility index (Phi) is 4.86. The number of esters is 1. The predicted molar refractivity (Wildman–Crippen MR) is 102 cm³/mol. The first-order chi connectivity index (χ1) is 13.7. The molecule has 3 aromatic heterocycles. The molecule has 0 atom stereocenters. The number of aromatic amines is 1. The summed E-state index contributed by atoms with van der Waals surface area (Å²) < 4.78 is 16.4. The van der Waals surface area contributed by atoms with Crippen LogP contribution in [0.3, 0.4) is 0 Å². The zero-order valence-corrected chi connectivity index (χ0v) is 15.4. The average molecular weight is 378 g/mol. The van der Waals surface area contributed by atoms with Crippen LogP contribution in [0.1, 0.15) is 23.0 Å². The molecule has 1 aromatic carbocycles. The highest BCUT2D eigenvalue weighted by Crippen LogP contribution is 2.37. The molecule has 0 saturated carbocycles. The van der Waals surface area contributed by atoms with Crippen LogP contribution < -0.4 is 4.74 Å². The van der Waals surface area contributed by atoms with Crippen molar-refractivity contribution < 1.29 is 19.0 Å². The maximum Gasteiger partial charge on any atom is 0.357 e. The van der Waals surface area contributed by atoms with Gasteiger partial charge in [0.05, 0.1) is 35.8 Å². The Morgan fingerprint density at radius 1 is 1.07 bits per heavy atom. The fourth-order valence-electron chi connectivity index (χ4n) is 3.15. The first-order valence-electron chi connectivity index (χ1n) is 8.76. The number of fused-ring (bicyclic) bond motifs is 3. The Morgan fingerprint density at radius 2 is 1.89 bits per heavy atom. The van der Waals surface area contributed by atoms with Gasteiger partial charge in [-0.1, -0.05) is 6.07 Å². The van der Waals surface area contributed by atoms with Gasteiger partial charge in [-0.05, 0) is 25.1 Å². The number of pyridine rings is 1. The zero-order valence-electron chi connectivity index (χ0n) is 15.4. The standard InChI is InChI=1S/C20H18N4O4/c1-3-27-19(25)18-12(11-26-2)16-14(10-23-18)24-13-6-4-7-15(17(13)16)28-20-21-8-5-9-22-20/h4-10,24H,3,11H2,1-2H3. The maximum absolute atomic E-state index is 12.4. The Balaban J connectivity index is 1.97. The Hall–Kier alpha value is -3.52. The molecule has 1 N–H and O–H groups in total. The third-order valence-electron chi connectivity index (χ3n) is 4.23. The summed E-state index contributed by atoms with van der Waals surface area (Å²) in [6.07, 6.45) is 4.83. The topological polar surface area (TPSA) is 99.2 Å². The number of H-pyrrole nitrogens is 1. The number of hydrogen-bond donors (Lipinski definition) is 1. The van der Waals surface area contributed by atoms with Gasteiger partial charge in [-0.2, -0.15) is 0 Å². The monoisotopic (exact) mass is 378 g/mol. The van der Waals surface area contributed by atoms with E-state index in [4.69, 9.17) is 14.2 Å². The van der Waals surface area contributed by atoms with Crippen molar-refractivity contribution in [2.75, 3.05) is 13.7 Å². The summed E-state index contributed by atoms with van der Waals surface area (Å²) in [4.78, 5) is 28.3. The number of benzene rings is 1. The highest BCUT2D eigenvalue weighted by molar-refractivity contribution is 6.13. The lowest BCUT2D eigenvalue weighted by molar-refractivity contribution is 0.0514. The van der Waals surface area contributed by atoms with Crippen LogP contribution in [0.5, 0.6) is 11.8 Å². The molecule has 0 aliphatic carbocycles. The predicted octanol–water partition coefficient (Wildman–Crippen LogP) is 3.62. The van der Waals surface area contributed by atoms with Crippen molar-refractivity contribution in [3.05, 3.63) is 54.1 Å². The van der Waals surface area contributed by atoms with Gasteiger partial charge >= 0.3 is 12.0 Å². The van der Waals surface area contributed by atoms with E-state index >= 15 is 0 Å². The van der Waals surface area contributed by atoms with E-state index in [2.05, 4.69) is 19.9 Å². The molecule has 4 rings (SSSR count). The summed E-state index contributed by atoms with van der Waals surface area (Å²) in [6.45, 7) is 2.21. The molecular formula is C20H18N4O4. The van der Waals surface area contributed by atoms with Gasteiger partial charge in [0.15, 0.2) is 5.69 Å². The molecule has 0 saturated heterocycles. The van der Waals surface area contributed by atoms with Crippen LogP contribution in [-0.2, 0) is 16.1 Å². The molecule has 0 spiro atoms. The van der Waals surface area contributed by atoms with Gasteiger partial charge < -0.3 is 19.2 Å². The first kappa shape index (κ1) is 17.9. The summed E-state index contributed by atoms with van der Waals surface area (Å²) in [6, 6.07) is 7.57. The number of ether oxygens (including phenoxy) is 3. The minimum atomic E-state index is -0.490. The van der Waals surface area contributed by atoms with Crippen LogP contribution in [0.25, 0.3) is 21.8 Å². The van der Waals surface area contributed by atoms with Crippen molar-refractivity contribution in [3.63, 3.8) is 0 Å². The maximum atomic E-state index is 12.4. The van der Waals surface area contributed by atoms with Crippen molar-refractivity contribution in [1.82, 2.24) is 19.9 Å². The molecule has 0 bridgehead atoms. The van der Waals surface area contributed by atoms with E-state index in [0.29, 0.717) is 11.3 Å². The summed E-state index contributed by atoms with van der Waals surface area (Å²) >= 11 is 0. The molecule has 3 heterocycles. The fourth-order valence-corrected chi connectivity index (χ4v) is 3.15. The molecule has 8 heteroatoms. The Bertz CT molecular complexity index is 1140. The Morgan fingerprint density at radius 3 is 2.64 bits per heavy atom. The smallest absolute Gasteiger partial charge is 0.357 e. The number of nitrogens with zero attached hydrogens (tertiary/aromatic N) is 3. The van der Waals surface area contributed by atoms with E-state index in [1.165, 1.54) is 0 Å². The van der Waals surface area contributed by atoms with E-state index in [-0.39, 0.29) is 24.9 Å². The zero-order chi connectivity index (χ0) is 19.5. The number of carbonyl (C=O) groups excluding carboxylic acids is 1. The second kappa shape index (κ2) is 7.61. The van der Waals surface area contributed by atoms with Gasteiger partial charge in [0.25, 0.3) is 0 Å². The molecule has 142 valence electrons. The molecular weight excluding hydrogens is 360 g/mol. The van der Waals surface area contributed by atoms with E-state index in [1.807, 2.05) is 18.2 Å². The largest absolute Gasteiger partial charge is 0.461 e. The van der Waals surface area contributed by atoms with E-state index in [0.717, 1.165) is 21.8 Å². The number of rotatable bonds is 6. The molecule has 0 aliphatic heterocycles.